The van der Waals surface area contributed by atoms with Crippen LogP contribution < -0.4 is 0 Å². The summed E-state index contributed by atoms with van der Waals surface area (Å²) in [4.78, 5) is 4.64. The summed E-state index contributed by atoms with van der Waals surface area (Å²) in [6.45, 7) is 13.9. The summed E-state index contributed by atoms with van der Waals surface area (Å²) < 4.78 is 12.4. The molecule has 0 N–H and O–H groups in total. The van der Waals surface area contributed by atoms with Gasteiger partial charge in [0.25, 0.3) is 0 Å². The summed E-state index contributed by atoms with van der Waals surface area (Å²) in [6.07, 6.45) is 8.89. The number of rotatable bonds is 4. The highest BCUT2D eigenvalue weighted by Gasteiger charge is 2.25. The number of hydrogen-bond donors (Lipinski definition) is 0. The lowest BCUT2D eigenvalue weighted by Gasteiger charge is -2.22. The van der Waals surface area contributed by atoms with Crippen LogP contribution in [0.5, 0.6) is 0 Å². The van der Waals surface area contributed by atoms with E-state index < -0.39 is 0 Å². The normalized spacial score (nSPS) is 18.1. The van der Waals surface area contributed by atoms with Crippen LogP contribution in [0.1, 0.15) is 76.5 Å². The first-order valence-corrected chi connectivity index (χ1v) is 12.9. The minimum absolute atomic E-state index is 0.0261. The fraction of sp³-hybridized carbons (Fsp3) is 0.344. The van der Waals surface area contributed by atoms with Crippen molar-refractivity contribution >= 4 is 11.7 Å². The van der Waals surface area contributed by atoms with Gasteiger partial charge >= 0.3 is 0 Å². The lowest BCUT2D eigenvalue weighted by atomic mass is 9.86. The SMILES string of the molecule is CC(C)(C)c1ccc(C2=CCN=C(C3=CC=CC(c4nnc(-c5ccc(C(C)(C)C)cc5)o4)C3)O2)cc1. The maximum absolute atomic E-state index is 6.28. The van der Waals surface area contributed by atoms with Crippen LogP contribution in [0.3, 0.4) is 0 Å². The minimum Gasteiger partial charge on any atom is -0.439 e. The Morgan fingerprint density at radius 2 is 1.41 bits per heavy atom. The molecule has 0 bridgehead atoms. The van der Waals surface area contributed by atoms with Crippen molar-refractivity contribution < 1.29 is 9.15 Å². The van der Waals surface area contributed by atoms with Gasteiger partial charge in [0, 0.05) is 16.7 Å². The van der Waals surface area contributed by atoms with Crippen molar-refractivity contribution in [3.05, 3.63) is 101 Å². The number of aliphatic imine (C=N–C) groups is 1. The fourth-order valence-electron chi connectivity index (χ4n) is 4.49. The Kier molecular flexibility index (Phi) is 6.49. The fourth-order valence-corrected chi connectivity index (χ4v) is 4.49. The van der Waals surface area contributed by atoms with E-state index in [-0.39, 0.29) is 16.7 Å². The van der Waals surface area contributed by atoms with Gasteiger partial charge in [-0.1, -0.05) is 96.2 Å². The Bertz CT molecular complexity index is 1390. The monoisotopic (exact) mass is 493 g/mol. The van der Waals surface area contributed by atoms with Crippen LogP contribution >= 0.6 is 0 Å². The van der Waals surface area contributed by atoms with E-state index in [1.54, 1.807) is 0 Å². The summed E-state index contributed by atoms with van der Waals surface area (Å²) >= 11 is 0. The van der Waals surface area contributed by atoms with Crippen molar-refractivity contribution in [1.82, 2.24) is 10.2 Å². The van der Waals surface area contributed by atoms with Crippen LogP contribution in [0.25, 0.3) is 17.2 Å². The first-order chi connectivity index (χ1) is 17.6. The van der Waals surface area contributed by atoms with Crippen molar-refractivity contribution in [2.75, 3.05) is 6.54 Å². The van der Waals surface area contributed by atoms with Crippen molar-refractivity contribution in [3.8, 4) is 11.5 Å². The summed E-state index contributed by atoms with van der Waals surface area (Å²) in [5.74, 6) is 2.61. The van der Waals surface area contributed by atoms with Gasteiger partial charge in [0.2, 0.25) is 17.7 Å². The number of allylic oxidation sites excluding steroid dienone is 3. The van der Waals surface area contributed by atoms with E-state index in [0.29, 0.717) is 30.6 Å². The van der Waals surface area contributed by atoms with Crippen molar-refractivity contribution in [2.45, 2.75) is 64.7 Å². The van der Waals surface area contributed by atoms with Gasteiger partial charge in [-0.15, -0.1) is 10.2 Å². The molecule has 190 valence electrons. The first-order valence-electron chi connectivity index (χ1n) is 12.9. The van der Waals surface area contributed by atoms with E-state index in [1.165, 1.54) is 11.1 Å². The molecule has 5 heteroatoms. The smallest absolute Gasteiger partial charge is 0.247 e. The highest BCUT2D eigenvalue weighted by atomic mass is 16.5. The van der Waals surface area contributed by atoms with Gasteiger partial charge in [0.05, 0.1) is 12.5 Å². The quantitative estimate of drug-likeness (QED) is 0.372. The number of nitrogens with zero attached hydrogens (tertiary/aromatic N) is 3. The molecule has 0 saturated heterocycles. The predicted octanol–water partition coefficient (Wildman–Crippen LogP) is 7.77. The second-order valence-electron chi connectivity index (χ2n) is 11.8. The average Bonchev–Trinajstić information content (AvgIpc) is 3.39. The van der Waals surface area contributed by atoms with E-state index in [2.05, 4.69) is 105 Å². The first kappa shape index (κ1) is 24.9. The molecule has 1 aliphatic heterocycles. The zero-order valence-electron chi connectivity index (χ0n) is 22.6. The predicted molar refractivity (Wildman–Crippen MR) is 150 cm³/mol. The maximum atomic E-state index is 6.28. The molecular weight excluding hydrogens is 458 g/mol. The van der Waals surface area contributed by atoms with Gasteiger partial charge in [0.15, 0.2) is 0 Å². The van der Waals surface area contributed by atoms with Gasteiger partial charge < -0.3 is 9.15 Å². The standard InChI is InChI=1S/C32H35N3O2/c1-31(2,3)25-14-10-21(11-15-25)27-18-19-33-28(36-27)23-8-7-9-24(20-23)30-35-34-29(37-30)22-12-16-26(17-13-22)32(4,5)6/h7-18,24H,19-20H2,1-6H3. The molecule has 5 nitrogen and oxygen atoms in total. The second kappa shape index (κ2) is 9.62. The number of aromatic nitrogens is 2. The summed E-state index contributed by atoms with van der Waals surface area (Å²) in [7, 11) is 0. The van der Waals surface area contributed by atoms with Crippen LogP contribution in [0.2, 0.25) is 0 Å². The van der Waals surface area contributed by atoms with Gasteiger partial charge in [-0.25, -0.2) is 4.99 Å². The average molecular weight is 494 g/mol. The highest BCUT2D eigenvalue weighted by Crippen LogP contribution is 2.33. The Hall–Kier alpha value is -3.73. The Morgan fingerprint density at radius 3 is 2.03 bits per heavy atom. The zero-order chi connectivity index (χ0) is 26.2. The molecule has 0 amide bonds. The molecular formula is C32H35N3O2. The molecule has 2 heterocycles. The van der Waals surface area contributed by atoms with Crippen LogP contribution in [0.4, 0.5) is 0 Å². The lowest BCUT2D eigenvalue weighted by Crippen LogP contribution is -2.16. The lowest BCUT2D eigenvalue weighted by molar-refractivity contribution is 0.471. The third-order valence-corrected chi connectivity index (χ3v) is 6.86. The topological polar surface area (TPSA) is 60.5 Å². The number of benzene rings is 2. The molecule has 0 fully saturated rings. The summed E-state index contributed by atoms with van der Waals surface area (Å²) in [6, 6.07) is 16.9. The number of hydrogen-bond acceptors (Lipinski definition) is 5. The molecule has 2 aromatic carbocycles. The summed E-state index contributed by atoms with van der Waals surface area (Å²) in [5.41, 5.74) is 5.80. The maximum Gasteiger partial charge on any atom is 0.247 e. The molecule has 1 unspecified atom stereocenters. The van der Waals surface area contributed by atoms with E-state index in [0.717, 1.165) is 22.5 Å². The van der Waals surface area contributed by atoms with Crippen molar-refractivity contribution in [3.63, 3.8) is 0 Å². The van der Waals surface area contributed by atoms with Crippen LogP contribution in [-0.2, 0) is 15.6 Å². The molecule has 5 rings (SSSR count). The molecule has 3 aromatic rings. The molecule has 2 aliphatic rings. The highest BCUT2D eigenvalue weighted by molar-refractivity contribution is 5.98. The van der Waals surface area contributed by atoms with Gasteiger partial charge in [-0.05, 0) is 46.6 Å². The van der Waals surface area contributed by atoms with Crippen LogP contribution in [-0.4, -0.2) is 22.6 Å². The van der Waals surface area contributed by atoms with Crippen LogP contribution in [0, 0.1) is 0 Å². The Labute approximate surface area is 219 Å². The molecule has 0 spiro atoms. The van der Waals surface area contributed by atoms with E-state index in [9.17, 15) is 0 Å². The zero-order valence-corrected chi connectivity index (χ0v) is 22.6. The van der Waals surface area contributed by atoms with Crippen molar-refractivity contribution in [1.29, 1.82) is 0 Å². The van der Waals surface area contributed by atoms with E-state index in [1.807, 2.05) is 24.3 Å². The molecule has 1 aliphatic carbocycles. The van der Waals surface area contributed by atoms with Gasteiger partial charge in [-0.2, -0.15) is 0 Å². The molecule has 1 aromatic heterocycles. The molecule has 0 radical (unpaired) electrons. The Balaban J connectivity index is 1.27. The van der Waals surface area contributed by atoms with Gasteiger partial charge in [-0.3, -0.25) is 0 Å². The molecule has 0 saturated carbocycles. The second-order valence-corrected chi connectivity index (χ2v) is 11.8. The molecule has 1 atom stereocenters. The third-order valence-electron chi connectivity index (χ3n) is 6.86. The van der Waals surface area contributed by atoms with Crippen molar-refractivity contribution in [2.24, 2.45) is 4.99 Å². The van der Waals surface area contributed by atoms with E-state index in [4.69, 9.17) is 9.15 Å². The Morgan fingerprint density at radius 1 is 0.784 bits per heavy atom. The minimum atomic E-state index is -0.0261. The molecule has 37 heavy (non-hydrogen) atoms. The largest absolute Gasteiger partial charge is 0.439 e. The van der Waals surface area contributed by atoms with Gasteiger partial charge in [0.1, 0.15) is 5.76 Å². The summed E-state index contributed by atoms with van der Waals surface area (Å²) in [5, 5.41) is 8.70. The third kappa shape index (κ3) is 5.51. The number of ether oxygens (including phenoxy) is 1. The van der Waals surface area contributed by atoms with Crippen LogP contribution in [0.15, 0.2) is 87.8 Å². The van der Waals surface area contributed by atoms with E-state index >= 15 is 0 Å².